The average molecular weight is 297 g/mol. The molecule has 6 nitrogen and oxygen atoms in total. The van der Waals surface area contributed by atoms with E-state index in [0.717, 1.165) is 32.1 Å². The maximum absolute atomic E-state index is 12.7. The van der Waals surface area contributed by atoms with Gasteiger partial charge >= 0.3 is 0 Å². The van der Waals surface area contributed by atoms with Gasteiger partial charge in [0.1, 0.15) is 6.61 Å². The molecule has 2 unspecified atom stereocenters. The molecule has 0 aromatic heterocycles. The molecule has 1 aliphatic carbocycles. The molecule has 2 amide bonds. The summed E-state index contributed by atoms with van der Waals surface area (Å²) in [6, 6.07) is 0.117. The van der Waals surface area contributed by atoms with Gasteiger partial charge in [-0.15, -0.1) is 0 Å². The van der Waals surface area contributed by atoms with Gasteiger partial charge in [-0.1, -0.05) is 6.42 Å². The van der Waals surface area contributed by atoms with Crippen molar-refractivity contribution in [3.63, 3.8) is 0 Å². The van der Waals surface area contributed by atoms with E-state index in [4.69, 9.17) is 10.5 Å². The second kappa shape index (κ2) is 6.75. The van der Waals surface area contributed by atoms with Crippen molar-refractivity contribution in [3.8, 4) is 0 Å². The van der Waals surface area contributed by atoms with Crippen molar-refractivity contribution in [3.05, 3.63) is 0 Å². The van der Waals surface area contributed by atoms with Crippen LogP contribution in [-0.2, 0) is 14.3 Å². The molecule has 1 saturated carbocycles. The highest BCUT2D eigenvalue weighted by Crippen LogP contribution is 2.38. The fourth-order valence-electron chi connectivity index (χ4n) is 3.45. The maximum atomic E-state index is 12.7. The van der Waals surface area contributed by atoms with Crippen LogP contribution < -0.4 is 11.1 Å². The lowest BCUT2D eigenvalue weighted by molar-refractivity contribution is -0.142. The molecule has 0 aromatic carbocycles. The quantitative estimate of drug-likeness (QED) is 0.779. The molecule has 3 N–H and O–H groups in total. The molecule has 1 aliphatic heterocycles. The van der Waals surface area contributed by atoms with E-state index in [0.29, 0.717) is 13.1 Å². The van der Waals surface area contributed by atoms with Crippen molar-refractivity contribution in [2.45, 2.75) is 51.1 Å². The van der Waals surface area contributed by atoms with Crippen LogP contribution in [0, 0.1) is 5.41 Å². The third kappa shape index (κ3) is 3.55. The molecule has 21 heavy (non-hydrogen) atoms. The van der Waals surface area contributed by atoms with E-state index in [9.17, 15) is 9.59 Å². The molecule has 2 atom stereocenters. The van der Waals surface area contributed by atoms with E-state index in [2.05, 4.69) is 5.32 Å². The molecule has 0 bridgehead atoms. The van der Waals surface area contributed by atoms with E-state index in [1.165, 1.54) is 7.11 Å². The number of nitrogens with two attached hydrogens (primary N) is 1. The minimum atomic E-state index is -0.397. The Labute approximate surface area is 126 Å². The number of nitrogens with zero attached hydrogens (tertiary/aromatic N) is 1. The van der Waals surface area contributed by atoms with Crippen LogP contribution in [0.2, 0.25) is 0 Å². The molecule has 2 rings (SSSR count). The first-order valence-corrected chi connectivity index (χ1v) is 7.80. The highest BCUT2D eigenvalue weighted by atomic mass is 16.5. The summed E-state index contributed by atoms with van der Waals surface area (Å²) >= 11 is 0. The zero-order chi connectivity index (χ0) is 15.5. The summed E-state index contributed by atoms with van der Waals surface area (Å²) in [5.74, 6) is 0.0984. The Morgan fingerprint density at radius 3 is 2.52 bits per heavy atom. The van der Waals surface area contributed by atoms with Gasteiger partial charge in [0.15, 0.2) is 0 Å². The van der Waals surface area contributed by atoms with Crippen molar-refractivity contribution >= 4 is 11.8 Å². The fourth-order valence-corrected chi connectivity index (χ4v) is 3.45. The van der Waals surface area contributed by atoms with Crippen molar-refractivity contribution < 1.29 is 14.3 Å². The molecular weight excluding hydrogens is 270 g/mol. The third-order valence-electron chi connectivity index (χ3n) is 4.94. The number of hydrogen-bond donors (Lipinski definition) is 2. The molecule has 1 saturated heterocycles. The molecule has 2 fully saturated rings. The van der Waals surface area contributed by atoms with E-state index < -0.39 is 5.41 Å². The minimum Gasteiger partial charge on any atom is -0.375 e. The number of carbonyl (C=O) groups is 2. The average Bonchev–Trinajstić information content (AvgIpc) is 2.80. The number of amides is 2. The summed E-state index contributed by atoms with van der Waals surface area (Å²) in [7, 11) is 1.51. The standard InChI is InChI=1S/C15H27N3O3/c1-15(7-3-4-12(15)16)14(20)18-8-5-11(6-9-18)17-13(19)10-21-2/h11-12H,3-10,16H2,1-2H3,(H,17,19). The van der Waals surface area contributed by atoms with Gasteiger partial charge in [-0.3, -0.25) is 9.59 Å². The molecule has 0 aromatic rings. The van der Waals surface area contributed by atoms with Crippen LogP contribution in [0.3, 0.4) is 0 Å². The van der Waals surface area contributed by atoms with Gasteiger partial charge in [0.05, 0.1) is 5.41 Å². The van der Waals surface area contributed by atoms with Gasteiger partial charge in [0.2, 0.25) is 11.8 Å². The van der Waals surface area contributed by atoms with Crippen molar-refractivity contribution in [2.75, 3.05) is 26.8 Å². The minimum absolute atomic E-state index is 0.0240. The number of hydrogen-bond acceptors (Lipinski definition) is 4. The SMILES string of the molecule is COCC(=O)NC1CCN(C(=O)C2(C)CCCC2N)CC1. The maximum Gasteiger partial charge on any atom is 0.246 e. The number of nitrogens with one attached hydrogen (secondary N) is 1. The molecular formula is C15H27N3O3. The van der Waals surface area contributed by atoms with Gasteiger partial charge in [-0.25, -0.2) is 0 Å². The highest BCUT2D eigenvalue weighted by molar-refractivity contribution is 5.83. The van der Waals surface area contributed by atoms with Crippen LogP contribution in [0.1, 0.15) is 39.0 Å². The molecule has 6 heteroatoms. The normalized spacial score (nSPS) is 30.4. The van der Waals surface area contributed by atoms with Crippen LogP contribution in [0.4, 0.5) is 0 Å². The Morgan fingerprint density at radius 1 is 1.33 bits per heavy atom. The monoisotopic (exact) mass is 297 g/mol. The first-order chi connectivity index (χ1) is 9.97. The molecule has 120 valence electrons. The smallest absolute Gasteiger partial charge is 0.246 e. The van der Waals surface area contributed by atoms with Gasteiger partial charge in [0.25, 0.3) is 0 Å². The predicted molar refractivity (Wildman–Crippen MR) is 79.6 cm³/mol. The Balaban J connectivity index is 1.83. The van der Waals surface area contributed by atoms with Gasteiger partial charge < -0.3 is 20.7 Å². The zero-order valence-electron chi connectivity index (χ0n) is 13.1. The van der Waals surface area contributed by atoms with Gasteiger partial charge in [-0.2, -0.15) is 0 Å². The van der Waals surface area contributed by atoms with Crippen LogP contribution in [0.25, 0.3) is 0 Å². The zero-order valence-corrected chi connectivity index (χ0v) is 13.1. The largest absolute Gasteiger partial charge is 0.375 e. The Kier molecular flexibility index (Phi) is 5.22. The summed E-state index contributed by atoms with van der Waals surface area (Å²) in [6.07, 6.45) is 4.45. The number of methoxy groups -OCH3 is 1. The molecule has 0 spiro atoms. The number of likely N-dealkylation sites (tertiary alicyclic amines) is 1. The first kappa shape index (κ1) is 16.2. The summed E-state index contributed by atoms with van der Waals surface area (Å²) in [4.78, 5) is 26.1. The number of rotatable bonds is 4. The number of piperidine rings is 1. The lowest BCUT2D eigenvalue weighted by atomic mass is 9.83. The van der Waals surface area contributed by atoms with Crippen LogP contribution in [0.15, 0.2) is 0 Å². The lowest BCUT2D eigenvalue weighted by Gasteiger charge is -2.38. The Morgan fingerprint density at radius 2 is 2.00 bits per heavy atom. The first-order valence-electron chi connectivity index (χ1n) is 7.80. The summed E-state index contributed by atoms with van der Waals surface area (Å²) in [6.45, 7) is 3.48. The fraction of sp³-hybridized carbons (Fsp3) is 0.867. The molecule has 2 aliphatic rings. The van der Waals surface area contributed by atoms with Gasteiger partial charge in [0, 0.05) is 32.3 Å². The Bertz CT molecular complexity index is 394. The topological polar surface area (TPSA) is 84.7 Å². The van der Waals surface area contributed by atoms with E-state index in [-0.39, 0.29) is 30.5 Å². The summed E-state index contributed by atoms with van der Waals surface area (Å²) in [5.41, 5.74) is 5.73. The second-order valence-corrected chi connectivity index (χ2v) is 6.48. The van der Waals surface area contributed by atoms with Crippen molar-refractivity contribution in [1.82, 2.24) is 10.2 Å². The summed E-state index contributed by atoms with van der Waals surface area (Å²) in [5, 5.41) is 2.94. The van der Waals surface area contributed by atoms with E-state index in [1.54, 1.807) is 0 Å². The Hall–Kier alpha value is -1.14. The summed E-state index contributed by atoms with van der Waals surface area (Å²) < 4.78 is 4.81. The number of carbonyl (C=O) groups excluding carboxylic acids is 2. The number of ether oxygens (including phenoxy) is 1. The van der Waals surface area contributed by atoms with Crippen LogP contribution in [0.5, 0.6) is 0 Å². The second-order valence-electron chi connectivity index (χ2n) is 6.48. The third-order valence-corrected chi connectivity index (χ3v) is 4.94. The van der Waals surface area contributed by atoms with Crippen molar-refractivity contribution in [2.24, 2.45) is 11.1 Å². The highest BCUT2D eigenvalue weighted by Gasteiger charge is 2.45. The molecule has 1 heterocycles. The van der Waals surface area contributed by atoms with Crippen LogP contribution in [-0.4, -0.2) is 55.6 Å². The van der Waals surface area contributed by atoms with Crippen molar-refractivity contribution in [1.29, 1.82) is 0 Å². The lowest BCUT2D eigenvalue weighted by Crippen LogP contribution is -2.53. The van der Waals surface area contributed by atoms with E-state index >= 15 is 0 Å². The predicted octanol–water partition coefficient (Wildman–Crippen LogP) is 0.258. The molecule has 0 radical (unpaired) electrons. The van der Waals surface area contributed by atoms with E-state index in [1.807, 2.05) is 11.8 Å². The van der Waals surface area contributed by atoms with Gasteiger partial charge in [-0.05, 0) is 32.6 Å². The van der Waals surface area contributed by atoms with Crippen LogP contribution >= 0.6 is 0 Å².